The quantitative estimate of drug-likeness (QED) is 0.604. The van der Waals surface area contributed by atoms with E-state index in [1.807, 2.05) is 0 Å². The number of anilines is 1. The molecule has 0 spiro atoms. The lowest BCUT2D eigenvalue weighted by Crippen LogP contribution is -2.30. The molecule has 0 bridgehead atoms. The van der Waals surface area contributed by atoms with Gasteiger partial charge in [-0.05, 0) is 42.5 Å². The van der Waals surface area contributed by atoms with Crippen molar-refractivity contribution in [1.82, 2.24) is 10.6 Å². The highest BCUT2D eigenvalue weighted by molar-refractivity contribution is 6.35. The lowest BCUT2D eigenvalue weighted by molar-refractivity contribution is -0.120. The van der Waals surface area contributed by atoms with Crippen LogP contribution in [0.15, 0.2) is 42.5 Å². The summed E-state index contributed by atoms with van der Waals surface area (Å²) in [4.78, 5) is 35.7. The summed E-state index contributed by atoms with van der Waals surface area (Å²) >= 11 is 11.8. The van der Waals surface area contributed by atoms with Crippen LogP contribution in [-0.4, -0.2) is 30.8 Å². The van der Waals surface area contributed by atoms with E-state index in [9.17, 15) is 14.4 Å². The number of benzene rings is 2. The topological polar surface area (TPSA) is 87.3 Å². The Kier molecular flexibility index (Phi) is 7.88. The van der Waals surface area contributed by atoms with E-state index >= 15 is 0 Å². The molecular formula is C20H17Cl2N3O3. The zero-order valence-electron chi connectivity index (χ0n) is 14.7. The first kappa shape index (κ1) is 21.3. The molecule has 0 fully saturated rings. The monoisotopic (exact) mass is 417 g/mol. The van der Waals surface area contributed by atoms with Crippen LogP contribution in [0.3, 0.4) is 0 Å². The van der Waals surface area contributed by atoms with Crippen LogP contribution in [-0.2, 0) is 4.79 Å². The van der Waals surface area contributed by atoms with E-state index in [1.54, 1.807) is 24.3 Å². The van der Waals surface area contributed by atoms with Gasteiger partial charge in [-0.15, -0.1) is 6.42 Å². The molecule has 0 saturated carbocycles. The van der Waals surface area contributed by atoms with Gasteiger partial charge in [-0.3, -0.25) is 14.4 Å². The number of carbonyl (C=O) groups excluding carboxylic acids is 3. The van der Waals surface area contributed by atoms with Gasteiger partial charge < -0.3 is 16.0 Å². The minimum atomic E-state index is -0.375. The van der Waals surface area contributed by atoms with Gasteiger partial charge in [-0.25, -0.2) is 0 Å². The molecule has 6 nitrogen and oxygen atoms in total. The van der Waals surface area contributed by atoms with Crippen molar-refractivity contribution in [3.8, 4) is 12.3 Å². The minimum Gasteiger partial charge on any atom is -0.352 e. The molecule has 144 valence electrons. The number of amides is 3. The maximum Gasteiger partial charge on any atom is 0.255 e. The van der Waals surface area contributed by atoms with E-state index in [4.69, 9.17) is 29.6 Å². The number of carbonyl (C=O) groups is 3. The smallest absolute Gasteiger partial charge is 0.255 e. The molecule has 2 rings (SSSR count). The third kappa shape index (κ3) is 6.62. The van der Waals surface area contributed by atoms with Gasteiger partial charge in [0.25, 0.3) is 11.8 Å². The zero-order chi connectivity index (χ0) is 20.5. The number of nitrogens with one attached hydrogen (secondary N) is 3. The Hall–Kier alpha value is -3.01. The van der Waals surface area contributed by atoms with Crippen molar-refractivity contribution in [2.75, 3.05) is 18.4 Å². The van der Waals surface area contributed by atoms with Crippen molar-refractivity contribution in [1.29, 1.82) is 0 Å². The molecule has 0 aliphatic heterocycles. The molecule has 0 aliphatic rings. The van der Waals surface area contributed by atoms with Gasteiger partial charge >= 0.3 is 0 Å². The van der Waals surface area contributed by atoms with Crippen molar-refractivity contribution >= 4 is 46.6 Å². The van der Waals surface area contributed by atoms with E-state index < -0.39 is 0 Å². The Morgan fingerprint density at radius 1 is 0.893 bits per heavy atom. The first-order chi connectivity index (χ1) is 13.4. The van der Waals surface area contributed by atoms with Crippen LogP contribution < -0.4 is 16.0 Å². The molecule has 2 aromatic rings. The average molecular weight is 418 g/mol. The second kappa shape index (κ2) is 10.4. The first-order valence-electron chi connectivity index (χ1n) is 8.25. The van der Waals surface area contributed by atoms with Crippen LogP contribution in [0.1, 0.15) is 27.1 Å². The molecule has 3 N–H and O–H groups in total. The Morgan fingerprint density at radius 3 is 2.14 bits per heavy atom. The van der Waals surface area contributed by atoms with E-state index in [1.165, 1.54) is 18.2 Å². The van der Waals surface area contributed by atoms with Gasteiger partial charge in [-0.2, -0.15) is 0 Å². The summed E-state index contributed by atoms with van der Waals surface area (Å²) in [6, 6.07) is 10.9. The van der Waals surface area contributed by atoms with E-state index in [2.05, 4.69) is 21.9 Å². The van der Waals surface area contributed by atoms with Crippen LogP contribution in [0.5, 0.6) is 0 Å². The predicted octanol–water partition coefficient (Wildman–Crippen LogP) is 3.12. The lowest BCUT2D eigenvalue weighted by Gasteiger charge is -2.08. The van der Waals surface area contributed by atoms with E-state index in [0.717, 1.165) is 0 Å². The molecule has 0 radical (unpaired) electrons. The van der Waals surface area contributed by atoms with Gasteiger partial charge in [0.1, 0.15) is 0 Å². The normalized spacial score (nSPS) is 9.89. The van der Waals surface area contributed by atoms with Crippen LogP contribution in [0.25, 0.3) is 0 Å². The van der Waals surface area contributed by atoms with E-state index in [0.29, 0.717) is 26.9 Å². The zero-order valence-corrected chi connectivity index (χ0v) is 16.2. The predicted molar refractivity (Wildman–Crippen MR) is 110 cm³/mol. The molecule has 2 aromatic carbocycles. The highest BCUT2D eigenvalue weighted by Gasteiger charge is 2.10. The van der Waals surface area contributed by atoms with Crippen molar-refractivity contribution in [2.24, 2.45) is 0 Å². The third-order valence-electron chi connectivity index (χ3n) is 3.55. The van der Waals surface area contributed by atoms with Crippen molar-refractivity contribution in [2.45, 2.75) is 6.42 Å². The van der Waals surface area contributed by atoms with Crippen molar-refractivity contribution < 1.29 is 14.4 Å². The Morgan fingerprint density at radius 2 is 1.54 bits per heavy atom. The number of halogens is 2. The lowest BCUT2D eigenvalue weighted by atomic mass is 10.1. The Bertz CT molecular complexity index is 901. The second-order valence-corrected chi connectivity index (χ2v) is 6.55. The SMILES string of the molecule is C#CCNC(=O)CCNC(=O)c1ccc(NC(=O)c2cc(Cl)cc(Cl)c2)cc1. The Balaban J connectivity index is 1.88. The number of hydrogen-bond donors (Lipinski definition) is 3. The molecule has 0 atom stereocenters. The molecule has 3 amide bonds. The van der Waals surface area contributed by atoms with E-state index in [-0.39, 0.29) is 37.2 Å². The van der Waals surface area contributed by atoms with Crippen molar-refractivity contribution in [3.05, 3.63) is 63.6 Å². The Labute approximate surface area is 172 Å². The summed E-state index contributed by atoms with van der Waals surface area (Å²) in [5, 5.41) is 8.56. The van der Waals surface area contributed by atoms with Crippen LogP contribution in [0, 0.1) is 12.3 Å². The highest BCUT2D eigenvalue weighted by Crippen LogP contribution is 2.20. The molecule has 0 saturated heterocycles. The van der Waals surface area contributed by atoms with Gasteiger partial charge in [0.05, 0.1) is 6.54 Å². The number of hydrogen-bond acceptors (Lipinski definition) is 3. The first-order valence-corrected chi connectivity index (χ1v) is 9.00. The van der Waals surface area contributed by atoms with Crippen molar-refractivity contribution in [3.63, 3.8) is 0 Å². The summed E-state index contributed by atoms with van der Waals surface area (Å²) in [5.74, 6) is 1.35. The maximum atomic E-state index is 12.3. The van der Waals surface area contributed by atoms with Gasteiger partial charge in [-0.1, -0.05) is 29.1 Å². The molecular weight excluding hydrogens is 401 g/mol. The third-order valence-corrected chi connectivity index (χ3v) is 3.99. The summed E-state index contributed by atoms with van der Waals surface area (Å²) in [7, 11) is 0. The molecule has 0 unspecified atom stereocenters. The largest absolute Gasteiger partial charge is 0.352 e. The molecule has 0 aliphatic carbocycles. The molecule has 8 heteroatoms. The molecule has 28 heavy (non-hydrogen) atoms. The summed E-state index contributed by atoms with van der Waals surface area (Å²) in [5.41, 5.74) is 1.22. The summed E-state index contributed by atoms with van der Waals surface area (Å²) < 4.78 is 0. The van der Waals surface area contributed by atoms with Gasteiger partial charge in [0.2, 0.25) is 5.91 Å². The fraction of sp³-hybridized carbons (Fsp3) is 0.150. The highest BCUT2D eigenvalue weighted by atomic mass is 35.5. The minimum absolute atomic E-state index is 0.129. The molecule has 0 heterocycles. The number of terminal acetylenes is 1. The maximum absolute atomic E-state index is 12.3. The van der Waals surface area contributed by atoms with Gasteiger partial charge in [0, 0.05) is 39.8 Å². The summed E-state index contributed by atoms with van der Waals surface area (Å²) in [6.45, 7) is 0.338. The summed E-state index contributed by atoms with van der Waals surface area (Å²) in [6.07, 6.45) is 5.17. The fourth-order valence-corrected chi connectivity index (χ4v) is 2.75. The average Bonchev–Trinajstić information content (AvgIpc) is 2.66. The number of rotatable bonds is 7. The van der Waals surface area contributed by atoms with Crippen LogP contribution >= 0.6 is 23.2 Å². The van der Waals surface area contributed by atoms with Gasteiger partial charge in [0.15, 0.2) is 0 Å². The standard InChI is InChI=1S/C20H17Cl2N3O3/c1-2-8-23-18(26)7-9-24-19(27)13-3-5-17(6-4-13)25-20(28)14-10-15(21)12-16(22)11-14/h1,3-6,10-12H,7-9H2,(H,23,26)(H,24,27)(H,25,28). The van der Waals surface area contributed by atoms with Crippen LogP contribution in [0.2, 0.25) is 10.0 Å². The molecule has 0 aromatic heterocycles. The van der Waals surface area contributed by atoms with Crippen LogP contribution in [0.4, 0.5) is 5.69 Å². The fourth-order valence-electron chi connectivity index (χ4n) is 2.22. The second-order valence-electron chi connectivity index (χ2n) is 5.68.